The molecule has 19 heavy (non-hydrogen) atoms. The number of hydrogen-bond donors (Lipinski definition) is 0. The van der Waals surface area contributed by atoms with Crippen LogP contribution in [0.4, 0.5) is 0 Å². The van der Waals surface area contributed by atoms with Crippen molar-refractivity contribution in [2.45, 2.75) is 25.8 Å². The molecule has 0 aliphatic carbocycles. The van der Waals surface area contributed by atoms with Gasteiger partial charge in [-0.15, -0.1) is 0 Å². The van der Waals surface area contributed by atoms with Gasteiger partial charge in [0.2, 0.25) is 0 Å². The summed E-state index contributed by atoms with van der Waals surface area (Å²) in [6.45, 7) is 5.01. The minimum Gasteiger partial charge on any atom is -0.304 e. The number of carbonyl (C=O) groups is 1. The second-order valence-corrected chi connectivity index (χ2v) is 5.53. The first-order valence-electron chi connectivity index (χ1n) is 7.13. The lowest BCUT2D eigenvalue weighted by Gasteiger charge is -2.26. The Bertz CT molecular complexity index is 444. The highest BCUT2D eigenvalue weighted by Crippen LogP contribution is 2.14. The Morgan fingerprint density at radius 1 is 1.32 bits per heavy atom. The monoisotopic (exact) mass is 260 g/mol. The van der Waals surface area contributed by atoms with Crippen molar-refractivity contribution in [2.75, 3.05) is 33.7 Å². The van der Waals surface area contributed by atoms with Gasteiger partial charge in [0.25, 0.3) is 0 Å². The van der Waals surface area contributed by atoms with Gasteiger partial charge in [-0.2, -0.15) is 0 Å². The summed E-state index contributed by atoms with van der Waals surface area (Å²) in [4.78, 5) is 17.2. The molecule has 1 atom stereocenters. The minimum absolute atomic E-state index is 0.0143. The zero-order valence-electron chi connectivity index (χ0n) is 12.2. The first kappa shape index (κ1) is 14.2. The zero-order valence-corrected chi connectivity index (χ0v) is 12.2. The van der Waals surface area contributed by atoms with Crippen molar-refractivity contribution < 1.29 is 4.79 Å². The average Bonchev–Trinajstić information content (AvgIpc) is 2.59. The fraction of sp³-hybridized carbons (Fsp3) is 0.562. The van der Waals surface area contributed by atoms with Crippen LogP contribution in [0.3, 0.4) is 0 Å². The third-order valence-electron chi connectivity index (χ3n) is 3.99. The molecule has 1 saturated heterocycles. The van der Waals surface area contributed by atoms with E-state index in [0.29, 0.717) is 0 Å². The molecule has 2 rings (SSSR count). The van der Waals surface area contributed by atoms with E-state index in [-0.39, 0.29) is 11.8 Å². The molecule has 3 heteroatoms. The predicted molar refractivity (Wildman–Crippen MR) is 78.7 cm³/mol. The Labute approximate surface area is 116 Å². The average molecular weight is 260 g/mol. The van der Waals surface area contributed by atoms with Crippen molar-refractivity contribution in [1.82, 2.24) is 9.80 Å². The molecule has 1 aromatic rings. The topological polar surface area (TPSA) is 23.6 Å². The maximum absolute atomic E-state index is 12.7. The van der Waals surface area contributed by atoms with Gasteiger partial charge in [-0.05, 0) is 51.7 Å². The van der Waals surface area contributed by atoms with Crippen LogP contribution < -0.4 is 0 Å². The molecule has 1 aliphatic heterocycles. The van der Waals surface area contributed by atoms with E-state index in [2.05, 4.69) is 36.9 Å². The van der Waals surface area contributed by atoms with E-state index in [1.54, 1.807) is 0 Å². The molecule has 0 bridgehead atoms. The number of ketones is 1. The number of aryl methyl sites for hydroxylation is 1. The van der Waals surface area contributed by atoms with E-state index in [9.17, 15) is 4.79 Å². The Hall–Kier alpha value is -1.19. The van der Waals surface area contributed by atoms with Gasteiger partial charge in [-0.3, -0.25) is 9.69 Å². The highest BCUT2D eigenvalue weighted by atomic mass is 16.1. The normalized spacial score (nSPS) is 22.2. The lowest BCUT2D eigenvalue weighted by molar-refractivity contribution is 0.0839. The molecule has 1 aromatic carbocycles. The van der Waals surface area contributed by atoms with Crippen LogP contribution in [0.25, 0.3) is 0 Å². The SMILES string of the molecule is CCc1cccc(C(=O)C2CN(C)CCCN2C)c1. The van der Waals surface area contributed by atoms with Gasteiger partial charge in [0, 0.05) is 12.1 Å². The lowest BCUT2D eigenvalue weighted by atomic mass is 10.00. The van der Waals surface area contributed by atoms with E-state index < -0.39 is 0 Å². The van der Waals surface area contributed by atoms with E-state index in [1.807, 2.05) is 18.2 Å². The Morgan fingerprint density at radius 2 is 2.11 bits per heavy atom. The molecular weight excluding hydrogens is 236 g/mol. The van der Waals surface area contributed by atoms with Crippen LogP contribution in [0.2, 0.25) is 0 Å². The molecule has 1 fully saturated rings. The summed E-state index contributed by atoms with van der Waals surface area (Å²) < 4.78 is 0. The van der Waals surface area contributed by atoms with Crippen molar-refractivity contribution in [3.8, 4) is 0 Å². The van der Waals surface area contributed by atoms with Crippen LogP contribution in [-0.4, -0.2) is 55.4 Å². The quantitative estimate of drug-likeness (QED) is 0.777. The van der Waals surface area contributed by atoms with E-state index in [0.717, 1.165) is 38.0 Å². The minimum atomic E-state index is -0.0143. The van der Waals surface area contributed by atoms with Crippen LogP contribution >= 0.6 is 0 Å². The number of hydrogen-bond acceptors (Lipinski definition) is 3. The van der Waals surface area contributed by atoms with Gasteiger partial charge in [-0.1, -0.05) is 25.1 Å². The Kier molecular flexibility index (Phi) is 4.72. The molecular formula is C16H24N2O. The van der Waals surface area contributed by atoms with E-state index in [1.165, 1.54) is 5.56 Å². The first-order chi connectivity index (χ1) is 9.11. The summed E-state index contributed by atoms with van der Waals surface area (Å²) in [5.41, 5.74) is 2.09. The van der Waals surface area contributed by atoms with Gasteiger partial charge in [0.05, 0.1) is 6.04 Å². The predicted octanol–water partition coefficient (Wildman–Crippen LogP) is 2.07. The van der Waals surface area contributed by atoms with Crippen LogP contribution in [0.5, 0.6) is 0 Å². The van der Waals surface area contributed by atoms with Crippen LogP contribution in [0.1, 0.15) is 29.3 Å². The molecule has 0 spiro atoms. The van der Waals surface area contributed by atoms with Gasteiger partial charge >= 0.3 is 0 Å². The van der Waals surface area contributed by atoms with Crippen molar-refractivity contribution in [2.24, 2.45) is 0 Å². The van der Waals surface area contributed by atoms with Gasteiger partial charge in [-0.25, -0.2) is 0 Å². The highest BCUT2D eigenvalue weighted by Gasteiger charge is 2.27. The smallest absolute Gasteiger partial charge is 0.181 e. The molecule has 0 aromatic heterocycles. The summed E-state index contributed by atoms with van der Waals surface area (Å²) in [5.74, 6) is 0.256. The molecule has 0 amide bonds. The maximum Gasteiger partial charge on any atom is 0.181 e. The largest absolute Gasteiger partial charge is 0.304 e. The first-order valence-corrected chi connectivity index (χ1v) is 7.13. The summed E-state index contributed by atoms with van der Waals surface area (Å²) in [7, 11) is 4.16. The number of nitrogens with zero attached hydrogens (tertiary/aromatic N) is 2. The van der Waals surface area contributed by atoms with Crippen LogP contribution in [-0.2, 0) is 6.42 Å². The van der Waals surface area contributed by atoms with E-state index >= 15 is 0 Å². The summed E-state index contributed by atoms with van der Waals surface area (Å²) in [6.07, 6.45) is 2.10. The number of likely N-dealkylation sites (N-methyl/N-ethyl adjacent to an activating group) is 2. The standard InChI is InChI=1S/C16H24N2O/c1-4-13-7-5-8-14(11-13)16(19)15-12-17(2)9-6-10-18(15)3/h5,7-8,11,15H,4,6,9-10,12H2,1-3H3. The van der Waals surface area contributed by atoms with Crippen molar-refractivity contribution in [1.29, 1.82) is 0 Å². The summed E-state index contributed by atoms with van der Waals surface area (Å²) in [6, 6.07) is 8.05. The molecule has 3 nitrogen and oxygen atoms in total. The van der Waals surface area contributed by atoms with E-state index in [4.69, 9.17) is 0 Å². The third-order valence-corrected chi connectivity index (χ3v) is 3.99. The molecule has 1 aliphatic rings. The molecule has 0 saturated carbocycles. The molecule has 1 unspecified atom stereocenters. The fourth-order valence-electron chi connectivity index (χ4n) is 2.69. The van der Waals surface area contributed by atoms with Crippen molar-refractivity contribution >= 4 is 5.78 Å². The maximum atomic E-state index is 12.7. The number of carbonyl (C=O) groups excluding carboxylic acids is 1. The number of benzene rings is 1. The Morgan fingerprint density at radius 3 is 2.84 bits per heavy atom. The van der Waals surface area contributed by atoms with Crippen LogP contribution in [0, 0.1) is 0 Å². The zero-order chi connectivity index (χ0) is 13.8. The van der Waals surface area contributed by atoms with Gasteiger partial charge in [0.1, 0.15) is 0 Å². The second kappa shape index (κ2) is 6.31. The molecule has 0 N–H and O–H groups in total. The summed E-state index contributed by atoms with van der Waals surface area (Å²) >= 11 is 0. The van der Waals surface area contributed by atoms with Gasteiger partial charge < -0.3 is 4.90 Å². The highest BCUT2D eigenvalue weighted by molar-refractivity contribution is 6.00. The fourth-order valence-corrected chi connectivity index (χ4v) is 2.69. The Balaban J connectivity index is 2.20. The molecule has 0 radical (unpaired) electrons. The molecule has 1 heterocycles. The number of rotatable bonds is 3. The van der Waals surface area contributed by atoms with Gasteiger partial charge in [0.15, 0.2) is 5.78 Å². The second-order valence-electron chi connectivity index (χ2n) is 5.53. The lowest BCUT2D eigenvalue weighted by Crippen LogP contribution is -2.43. The van der Waals surface area contributed by atoms with Crippen molar-refractivity contribution in [3.63, 3.8) is 0 Å². The third kappa shape index (κ3) is 3.43. The molecule has 104 valence electrons. The van der Waals surface area contributed by atoms with Crippen LogP contribution in [0.15, 0.2) is 24.3 Å². The van der Waals surface area contributed by atoms with Crippen molar-refractivity contribution in [3.05, 3.63) is 35.4 Å². The summed E-state index contributed by atoms with van der Waals surface area (Å²) in [5, 5.41) is 0. The number of Topliss-reactive ketones (excluding diaryl/α,β-unsaturated/α-hetero) is 1.